The fraction of sp³-hybridized carbons (Fsp3) is 0.353. The number of hydrogen-bond donors (Lipinski definition) is 1. The highest BCUT2D eigenvalue weighted by Gasteiger charge is 2.17. The molecule has 0 radical (unpaired) electrons. The van der Waals surface area contributed by atoms with E-state index in [0.29, 0.717) is 28.5 Å². The smallest absolute Gasteiger partial charge is 0.257 e. The molecular formula is C17H22N2O4. The number of carbonyl (C=O) groups is 1. The summed E-state index contributed by atoms with van der Waals surface area (Å²) >= 11 is 0. The van der Waals surface area contributed by atoms with E-state index in [9.17, 15) is 4.79 Å². The predicted octanol–water partition coefficient (Wildman–Crippen LogP) is 2.92. The molecule has 0 spiro atoms. The van der Waals surface area contributed by atoms with Crippen LogP contribution in [0.4, 0.5) is 5.69 Å². The molecule has 2 aromatic rings. The van der Waals surface area contributed by atoms with Gasteiger partial charge in [-0.25, -0.2) is 0 Å². The predicted molar refractivity (Wildman–Crippen MR) is 88.9 cm³/mol. The Kier molecular flexibility index (Phi) is 4.83. The Balaban J connectivity index is 2.36. The van der Waals surface area contributed by atoms with Crippen molar-refractivity contribution in [3.8, 4) is 17.2 Å². The first-order valence-corrected chi connectivity index (χ1v) is 7.17. The van der Waals surface area contributed by atoms with Crippen LogP contribution in [0, 0.1) is 13.8 Å². The van der Waals surface area contributed by atoms with Crippen LogP contribution in [0.1, 0.15) is 21.7 Å². The van der Waals surface area contributed by atoms with E-state index in [2.05, 4.69) is 5.32 Å². The van der Waals surface area contributed by atoms with Crippen molar-refractivity contribution in [3.63, 3.8) is 0 Å². The Morgan fingerprint density at radius 1 is 1.00 bits per heavy atom. The van der Waals surface area contributed by atoms with Crippen LogP contribution in [-0.4, -0.2) is 31.8 Å². The zero-order valence-electron chi connectivity index (χ0n) is 14.3. The summed E-state index contributed by atoms with van der Waals surface area (Å²) in [5, 5.41) is 2.87. The normalized spacial score (nSPS) is 10.3. The maximum Gasteiger partial charge on any atom is 0.257 e. The Labute approximate surface area is 136 Å². The van der Waals surface area contributed by atoms with Crippen molar-refractivity contribution in [3.05, 3.63) is 35.2 Å². The highest BCUT2D eigenvalue weighted by molar-refractivity contribution is 6.05. The van der Waals surface area contributed by atoms with Gasteiger partial charge in [-0.15, -0.1) is 0 Å². The van der Waals surface area contributed by atoms with E-state index in [1.54, 1.807) is 12.1 Å². The number of nitrogens with zero attached hydrogens (tertiary/aromatic N) is 1. The SMILES string of the molecule is COc1cc(NC(=O)c2cc(C)n(C)c2C)cc(OC)c1OC. The second-order valence-corrected chi connectivity index (χ2v) is 5.21. The van der Waals surface area contributed by atoms with E-state index < -0.39 is 0 Å². The minimum Gasteiger partial charge on any atom is -0.493 e. The Morgan fingerprint density at radius 2 is 1.57 bits per heavy atom. The molecule has 1 aromatic heterocycles. The van der Waals surface area contributed by atoms with Gasteiger partial charge in [-0.1, -0.05) is 0 Å². The van der Waals surface area contributed by atoms with Gasteiger partial charge in [0.15, 0.2) is 11.5 Å². The van der Waals surface area contributed by atoms with Gasteiger partial charge in [-0.3, -0.25) is 4.79 Å². The topological polar surface area (TPSA) is 61.7 Å². The number of hydrogen-bond acceptors (Lipinski definition) is 4. The van der Waals surface area contributed by atoms with Crippen LogP contribution in [-0.2, 0) is 7.05 Å². The Hall–Kier alpha value is -2.63. The molecule has 0 unspecified atom stereocenters. The van der Waals surface area contributed by atoms with Crippen molar-refractivity contribution in [2.24, 2.45) is 7.05 Å². The molecule has 0 aliphatic heterocycles. The summed E-state index contributed by atoms with van der Waals surface area (Å²) in [6.07, 6.45) is 0. The first-order valence-electron chi connectivity index (χ1n) is 7.17. The number of methoxy groups -OCH3 is 3. The molecule has 6 heteroatoms. The average molecular weight is 318 g/mol. The molecule has 0 aliphatic carbocycles. The number of ether oxygens (including phenoxy) is 3. The van der Waals surface area contributed by atoms with Crippen LogP contribution < -0.4 is 19.5 Å². The van der Waals surface area contributed by atoms with Crippen LogP contribution in [0.5, 0.6) is 17.2 Å². The zero-order valence-corrected chi connectivity index (χ0v) is 14.3. The molecule has 1 aromatic carbocycles. The quantitative estimate of drug-likeness (QED) is 0.921. The summed E-state index contributed by atoms with van der Waals surface area (Å²) in [4.78, 5) is 12.5. The number of nitrogens with one attached hydrogen (secondary N) is 1. The number of anilines is 1. The Bertz CT molecular complexity index is 709. The lowest BCUT2D eigenvalue weighted by Crippen LogP contribution is -2.13. The molecule has 1 amide bonds. The van der Waals surface area contributed by atoms with E-state index in [1.165, 1.54) is 21.3 Å². The van der Waals surface area contributed by atoms with E-state index in [4.69, 9.17) is 14.2 Å². The standard InChI is InChI=1S/C17H22N2O4/c1-10-7-13(11(2)19(10)3)17(20)18-12-8-14(21-4)16(23-6)15(9-12)22-5/h7-9H,1-6H3,(H,18,20). The molecule has 124 valence electrons. The van der Waals surface area contributed by atoms with Crippen molar-refractivity contribution in [2.75, 3.05) is 26.6 Å². The molecule has 0 atom stereocenters. The van der Waals surface area contributed by atoms with Gasteiger partial charge in [0.25, 0.3) is 5.91 Å². The second-order valence-electron chi connectivity index (χ2n) is 5.21. The number of amides is 1. The van der Waals surface area contributed by atoms with Gasteiger partial charge in [0.05, 0.1) is 26.9 Å². The third-order valence-electron chi connectivity index (χ3n) is 3.94. The van der Waals surface area contributed by atoms with Crippen LogP contribution in [0.2, 0.25) is 0 Å². The van der Waals surface area contributed by atoms with Crippen molar-refractivity contribution in [1.29, 1.82) is 0 Å². The lowest BCUT2D eigenvalue weighted by molar-refractivity contribution is 0.102. The van der Waals surface area contributed by atoms with E-state index in [0.717, 1.165) is 11.4 Å². The van der Waals surface area contributed by atoms with Crippen molar-refractivity contribution < 1.29 is 19.0 Å². The van der Waals surface area contributed by atoms with Gasteiger partial charge < -0.3 is 24.1 Å². The Morgan fingerprint density at radius 3 is 1.96 bits per heavy atom. The molecule has 0 aliphatic rings. The summed E-state index contributed by atoms with van der Waals surface area (Å²) in [5.74, 6) is 1.28. The summed E-state index contributed by atoms with van der Waals surface area (Å²) < 4.78 is 17.8. The molecule has 6 nitrogen and oxygen atoms in total. The first-order chi connectivity index (χ1) is 10.9. The molecule has 2 rings (SSSR count). The van der Waals surface area contributed by atoms with E-state index >= 15 is 0 Å². The van der Waals surface area contributed by atoms with Crippen molar-refractivity contribution >= 4 is 11.6 Å². The minimum absolute atomic E-state index is 0.180. The number of aryl methyl sites for hydroxylation is 1. The zero-order chi connectivity index (χ0) is 17.1. The van der Waals surface area contributed by atoms with Crippen molar-refractivity contribution in [1.82, 2.24) is 4.57 Å². The van der Waals surface area contributed by atoms with Crippen LogP contribution in [0.3, 0.4) is 0 Å². The average Bonchev–Trinajstić information content (AvgIpc) is 2.81. The van der Waals surface area contributed by atoms with E-state index in [1.807, 2.05) is 31.5 Å². The van der Waals surface area contributed by atoms with Crippen molar-refractivity contribution in [2.45, 2.75) is 13.8 Å². The molecule has 0 fully saturated rings. The van der Waals surface area contributed by atoms with Gasteiger partial charge >= 0.3 is 0 Å². The third-order valence-corrected chi connectivity index (χ3v) is 3.94. The second kappa shape index (κ2) is 6.64. The molecule has 0 bridgehead atoms. The first kappa shape index (κ1) is 16.7. The molecule has 0 saturated carbocycles. The molecule has 0 saturated heterocycles. The molecular weight excluding hydrogens is 296 g/mol. The van der Waals surface area contributed by atoms with E-state index in [-0.39, 0.29) is 5.91 Å². The van der Waals surface area contributed by atoms with Gasteiger partial charge in [0, 0.05) is 36.3 Å². The fourth-order valence-electron chi connectivity index (χ4n) is 2.44. The van der Waals surface area contributed by atoms with Crippen LogP contribution in [0.25, 0.3) is 0 Å². The van der Waals surface area contributed by atoms with Crippen LogP contribution >= 0.6 is 0 Å². The maximum absolute atomic E-state index is 12.5. The van der Waals surface area contributed by atoms with Gasteiger partial charge in [-0.2, -0.15) is 0 Å². The largest absolute Gasteiger partial charge is 0.493 e. The number of rotatable bonds is 5. The number of carbonyl (C=O) groups excluding carboxylic acids is 1. The van der Waals surface area contributed by atoms with Crippen LogP contribution in [0.15, 0.2) is 18.2 Å². The summed E-state index contributed by atoms with van der Waals surface area (Å²) in [5.41, 5.74) is 3.15. The maximum atomic E-state index is 12.5. The lowest BCUT2D eigenvalue weighted by atomic mass is 10.2. The third kappa shape index (κ3) is 3.11. The molecule has 1 N–H and O–H groups in total. The summed E-state index contributed by atoms with van der Waals surface area (Å²) in [7, 11) is 6.54. The lowest BCUT2D eigenvalue weighted by Gasteiger charge is -2.14. The minimum atomic E-state index is -0.180. The summed E-state index contributed by atoms with van der Waals surface area (Å²) in [6.45, 7) is 3.88. The van der Waals surface area contributed by atoms with Gasteiger partial charge in [0.2, 0.25) is 5.75 Å². The number of benzene rings is 1. The highest BCUT2D eigenvalue weighted by atomic mass is 16.5. The summed E-state index contributed by atoms with van der Waals surface area (Å²) in [6, 6.07) is 5.26. The molecule has 1 heterocycles. The van der Waals surface area contributed by atoms with Gasteiger partial charge in [0.1, 0.15) is 0 Å². The fourth-order valence-corrected chi connectivity index (χ4v) is 2.44. The highest BCUT2D eigenvalue weighted by Crippen LogP contribution is 2.40. The number of aromatic nitrogens is 1. The van der Waals surface area contributed by atoms with Gasteiger partial charge in [-0.05, 0) is 19.9 Å². The molecule has 23 heavy (non-hydrogen) atoms. The monoisotopic (exact) mass is 318 g/mol.